The number of aromatic nitrogens is 1. The van der Waals surface area contributed by atoms with Crippen LogP contribution in [-0.2, 0) is 17.9 Å². The Balaban J connectivity index is 1.91. The average molecular weight is 208 g/mol. The fourth-order valence-corrected chi connectivity index (χ4v) is 1.63. The van der Waals surface area contributed by atoms with Gasteiger partial charge < -0.3 is 9.84 Å². The molecule has 1 saturated heterocycles. The third kappa shape index (κ3) is 2.99. The first-order chi connectivity index (χ1) is 7.38. The monoisotopic (exact) mass is 208 g/mol. The molecule has 15 heavy (non-hydrogen) atoms. The van der Waals surface area contributed by atoms with Gasteiger partial charge in [0.25, 0.3) is 0 Å². The molecule has 1 fully saturated rings. The van der Waals surface area contributed by atoms with Gasteiger partial charge in [-0.2, -0.15) is 0 Å². The third-order valence-electron chi connectivity index (χ3n) is 2.56. The highest BCUT2D eigenvalue weighted by Crippen LogP contribution is 2.05. The van der Waals surface area contributed by atoms with Crippen LogP contribution < -0.4 is 0 Å². The van der Waals surface area contributed by atoms with Crippen molar-refractivity contribution in [1.82, 2.24) is 9.88 Å². The Morgan fingerprint density at radius 1 is 1.33 bits per heavy atom. The quantitative estimate of drug-likeness (QED) is 0.781. The van der Waals surface area contributed by atoms with E-state index in [1.807, 2.05) is 12.1 Å². The lowest BCUT2D eigenvalue weighted by atomic mass is 10.2. The number of morpholine rings is 1. The van der Waals surface area contributed by atoms with Crippen LogP contribution in [0.15, 0.2) is 18.3 Å². The lowest BCUT2D eigenvalue weighted by Gasteiger charge is -2.26. The van der Waals surface area contributed by atoms with Crippen molar-refractivity contribution in [1.29, 1.82) is 0 Å². The molecule has 0 bridgehead atoms. The molecule has 4 nitrogen and oxygen atoms in total. The van der Waals surface area contributed by atoms with E-state index in [2.05, 4.69) is 9.88 Å². The smallest absolute Gasteiger partial charge is 0.0696 e. The van der Waals surface area contributed by atoms with Crippen LogP contribution in [0.25, 0.3) is 0 Å². The van der Waals surface area contributed by atoms with Gasteiger partial charge in [0.05, 0.1) is 25.5 Å². The zero-order valence-corrected chi connectivity index (χ0v) is 8.72. The number of hydrogen-bond acceptors (Lipinski definition) is 4. The molecule has 0 atom stereocenters. The van der Waals surface area contributed by atoms with Crippen molar-refractivity contribution in [2.45, 2.75) is 13.2 Å². The van der Waals surface area contributed by atoms with Crippen molar-refractivity contribution in [2.24, 2.45) is 0 Å². The van der Waals surface area contributed by atoms with Crippen LogP contribution in [0.5, 0.6) is 0 Å². The lowest BCUT2D eigenvalue weighted by Crippen LogP contribution is -2.35. The molecule has 0 saturated carbocycles. The van der Waals surface area contributed by atoms with E-state index in [9.17, 15) is 0 Å². The summed E-state index contributed by atoms with van der Waals surface area (Å²) in [5.41, 5.74) is 1.91. The van der Waals surface area contributed by atoms with Crippen molar-refractivity contribution in [3.8, 4) is 0 Å². The Kier molecular flexibility index (Phi) is 3.66. The fourth-order valence-electron chi connectivity index (χ4n) is 1.63. The van der Waals surface area contributed by atoms with Gasteiger partial charge in [0.15, 0.2) is 0 Å². The normalized spacial score (nSPS) is 17.9. The fraction of sp³-hybridized carbons (Fsp3) is 0.545. The molecule has 82 valence electrons. The number of rotatable bonds is 3. The van der Waals surface area contributed by atoms with Crippen LogP contribution in [-0.4, -0.2) is 41.3 Å². The first kappa shape index (κ1) is 10.5. The van der Waals surface area contributed by atoms with Gasteiger partial charge in [-0.1, -0.05) is 6.07 Å². The molecular weight excluding hydrogens is 192 g/mol. The first-order valence-corrected chi connectivity index (χ1v) is 5.23. The number of nitrogens with zero attached hydrogens (tertiary/aromatic N) is 2. The van der Waals surface area contributed by atoms with E-state index < -0.39 is 0 Å². The van der Waals surface area contributed by atoms with Crippen molar-refractivity contribution < 1.29 is 9.84 Å². The highest BCUT2D eigenvalue weighted by Gasteiger charge is 2.10. The standard InChI is InChI=1S/C11H16N2O2/c14-9-10-1-2-11(12-7-10)8-13-3-5-15-6-4-13/h1-2,7,14H,3-6,8-9H2. The van der Waals surface area contributed by atoms with Crippen molar-refractivity contribution >= 4 is 0 Å². The molecule has 2 rings (SSSR count). The zero-order chi connectivity index (χ0) is 10.5. The molecular formula is C11H16N2O2. The van der Waals surface area contributed by atoms with E-state index in [-0.39, 0.29) is 6.61 Å². The highest BCUT2D eigenvalue weighted by molar-refractivity contribution is 5.13. The minimum Gasteiger partial charge on any atom is -0.392 e. The molecule has 1 aromatic heterocycles. The van der Waals surface area contributed by atoms with E-state index in [0.29, 0.717) is 0 Å². The maximum atomic E-state index is 8.88. The second kappa shape index (κ2) is 5.21. The minimum absolute atomic E-state index is 0.0604. The van der Waals surface area contributed by atoms with E-state index in [1.165, 1.54) is 0 Å². The Morgan fingerprint density at radius 3 is 2.73 bits per heavy atom. The summed E-state index contributed by atoms with van der Waals surface area (Å²) in [6.07, 6.45) is 1.73. The topological polar surface area (TPSA) is 45.6 Å². The molecule has 2 heterocycles. The highest BCUT2D eigenvalue weighted by atomic mass is 16.5. The molecule has 1 N–H and O–H groups in total. The molecule has 4 heteroatoms. The summed E-state index contributed by atoms with van der Waals surface area (Å²) in [7, 11) is 0. The summed E-state index contributed by atoms with van der Waals surface area (Å²) in [4.78, 5) is 6.62. The van der Waals surface area contributed by atoms with Crippen LogP contribution in [0, 0.1) is 0 Å². The molecule has 1 aliphatic heterocycles. The maximum absolute atomic E-state index is 8.88. The van der Waals surface area contributed by atoms with Crippen LogP contribution in [0.4, 0.5) is 0 Å². The van der Waals surface area contributed by atoms with Crippen LogP contribution >= 0.6 is 0 Å². The van der Waals surface area contributed by atoms with Crippen molar-refractivity contribution in [3.63, 3.8) is 0 Å². The van der Waals surface area contributed by atoms with Crippen LogP contribution in [0.3, 0.4) is 0 Å². The van der Waals surface area contributed by atoms with Gasteiger partial charge in [0, 0.05) is 25.8 Å². The molecule has 0 aliphatic carbocycles. The van der Waals surface area contributed by atoms with E-state index in [4.69, 9.17) is 9.84 Å². The SMILES string of the molecule is OCc1ccc(CN2CCOCC2)nc1. The average Bonchev–Trinajstić information content (AvgIpc) is 2.31. The predicted octanol–water partition coefficient (Wildman–Crippen LogP) is 0.406. The third-order valence-corrected chi connectivity index (χ3v) is 2.56. The summed E-state index contributed by atoms with van der Waals surface area (Å²) < 4.78 is 5.28. The number of pyridine rings is 1. The Labute approximate surface area is 89.5 Å². The summed E-state index contributed by atoms with van der Waals surface area (Å²) in [5.74, 6) is 0. The van der Waals surface area contributed by atoms with Gasteiger partial charge >= 0.3 is 0 Å². The van der Waals surface area contributed by atoms with E-state index in [0.717, 1.165) is 44.1 Å². The second-order valence-electron chi connectivity index (χ2n) is 3.70. The molecule has 1 aliphatic rings. The molecule has 0 unspecified atom stereocenters. The lowest BCUT2D eigenvalue weighted by molar-refractivity contribution is 0.0336. The largest absolute Gasteiger partial charge is 0.392 e. The van der Waals surface area contributed by atoms with Gasteiger partial charge in [-0.15, -0.1) is 0 Å². The second-order valence-corrected chi connectivity index (χ2v) is 3.70. The maximum Gasteiger partial charge on any atom is 0.0696 e. The zero-order valence-electron chi connectivity index (χ0n) is 8.72. The summed E-state index contributed by atoms with van der Waals surface area (Å²) >= 11 is 0. The predicted molar refractivity (Wildman–Crippen MR) is 56.3 cm³/mol. The van der Waals surface area contributed by atoms with E-state index in [1.54, 1.807) is 6.20 Å². The molecule has 0 radical (unpaired) electrons. The van der Waals surface area contributed by atoms with Gasteiger partial charge in [-0.3, -0.25) is 9.88 Å². The number of ether oxygens (including phenoxy) is 1. The molecule has 0 amide bonds. The van der Waals surface area contributed by atoms with E-state index >= 15 is 0 Å². The van der Waals surface area contributed by atoms with Gasteiger partial charge in [-0.25, -0.2) is 0 Å². The Morgan fingerprint density at radius 2 is 2.13 bits per heavy atom. The minimum atomic E-state index is 0.0604. The van der Waals surface area contributed by atoms with Crippen LogP contribution in [0.1, 0.15) is 11.3 Å². The van der Waals surface area contributed by atoms with Gasteiger partial charge in [0.2, 0.25) is 0 Å². The number of aliphatic hydroxyl groups excluding tert-OH is 1. The summed E-state index contributed by atoms with van der Waals surface area (Å²) in [6, 6.07) is 3.89. The Hall–Kier alpha value is -0.970. The molecule has 1 aromatic rings. The first-order valence-electron chi connectivity index (χ1n) is 5.23. The molecule has 0 spiro atoms. The number of hydrogen-bond donors (Lipinski definition) is 1. The van der Waals surface area contributed by atoms with Crippen LogP contribution in [0.2, 0.25) is 0 Å². The van der Waals surface area contributed by atoms with Gasteiger partial charge in [-0.05, 0) is 11.6 Å². The summed E-state index contributed by atoms with van der Waals surface area (Å²) in [5, 5.41) is 8.88. The van der Waals surface area contributed by atoms with Crippen molar-refractivity contribution in [3.05, 3.63) is 29.6 Å². The molecule has 0 aromatic carbocycles. The number of aliphatic hydroxyl groups is 1. The Bertz CT molecular complexity index is 294. The van der Waals surface area contributed by atoms with Gasteiger partial charge in [0.1, 0.15) is 0 Å². The van der Waals surface area contributed by atoms with Crippen molar-refractivity contribution in [2.75, 3.05) is 26.3 Å². The summed E-state index contributed by atoms with van der Waals surface area (Å²) in [6.45, 7) is 4.51.